The van der Waals surface area contributed by atoms with Gasteiger partial charge in [0.15, 0.2) is 6.10 Å². The fraction of sp³-hybridized carbons (Fsp3) is 0.562. The van der Waals surface area contributed by atoms with Gasteiger partial charge in [0.05, 0.1) is 0 Å². The van der Waals surface area contributed by atoms with Crippen LogP contribution in [0.1, 0.15) is 44.6 Å². The van der Waals surface area contributed by atoms with Gasteiger partial charge in [0.1, 0.15) is 11.6 Å². The Labute approximate surface area is 124 Å². The van der Waals surface area contributed by atoms with Gasteiger partial charge < -0.3 is 15.8 Å². The summed E-state index contributed by atoms with van der Waals surface area (Å²) in [5.74, 6) is -0.212. The molecule has 1 saturated carbocycles. The van der Waals surface area contributed by atoms with Crippen LogP contribution in [0, 0.1) is 5.82 Å². The van der Waals surface area contributed by atoms with Crippen LogP contribution in [0.3, 0.4) is 0 Å². The van der Waals surface area contributed by atoms with E-state index in [0.717, 1.165) is 25.7 Å². The minimum Gasteiger partial charge on any atom is -0.481 e. The Bertz CT molecular complexity index is 487. The molecule has 2 rings (SSSR count). The Morgan fingerprint density at radius 2 is 2.14 bits per heavy atom. The van der Waals surface area contributed by atoms with Crippen molar-refractivity contribution in [3.8, 4) is 5.75 Å². The number of nitrogens with one attached hydrogen (secondary N) is 1. The first kappa shape index (κ1) is 15.8. The number of hydrogen-bond donors (Lipinski definition) is 2. The van der Waals surface area contributed by atoms with E-state index in [1.54, 1.807) is 19.1 Å². The zero-order valence-electron chi connectivity index (χ0n) is 12.4. The van der Waals surface area contributed by atoms with Gasteiger partial charge in [-0.3, -0.25) is 4.79 Å². The molecule has 1 unspecified atom stereocenters. The average molecular weight is 294 g/mol. The summed E-state index contributed by atoms with van der Waals surface area (Å²) in [6.45, 7) is 1.82. The molecule has 1 aliphatic carbocycles. The number of amides is 1. The molecule has 0 bridgehead atoms. The number of ether oxygens (including phenoxy) is 1. The Kier molecular flexibility index (Phi) is 5.56. The van der Waals surface area contributed by atoms with E-state index in [2.05, 4.69) is 5.32 Å². The summed E-state index contributed by atoms with van der Waals surface area (Å²) in [6.07, 6.45) is 4.97. The van der Waals surface area contributed by atoms with Gasteiger partial charge in [0.2, 0.25) is 0 Å². The lowest BCUT2D eigenvalue weighted by Gasteiger charge is -2.24. The fourth-order valence-electron chi connectivity index (χ4n) is 2.59. The molecule has 1 aromatic carbocycles. The van der Waals surface area contributed by atoms with E-state index in [1.807, 2.05) is 0 Å². The van der Waals surface area contributed by atoms with Gasteiger partial charge in [-0.05, 0) is 25.8 Å². The minimum atomic E-state index is -0.643. The van der Waals surface area contributed by atoms with Gasteiger partial charge in [-0.15, -0.1) is 0 Å². The molecule has 0 aliphatic heterocycles. The SMILES string of the molecule is CC(Oc1ccc(CN)c(F)c1)C(=O)NC1CCCCC1. The number of hydrogen-bond acceptors (Lipinski definition) is 3. The Hall–Kier alpha value is -1.62. The number of rotatable bonds is 5. The van der Waals surface area contributed by atoms with Crippen LogP contribution < -0.4 is 15.8 Å². The summed E-state index contributed by atoms with van der Waals surface area (Å²) in [5.41, 5.74) is 5.84. The van der Waals surface area contributed by atoms with Crippen LogP contribution in [-0.4, -0.2) is 18.1 Å². The van der Waals surface area contributed by atoms with Gasteiger partial charge in [-0.2, -0.15) is 0 Å². The molecule has 116 valence electrons. The molecule has 1 amide bonds. The molecule has 1 aromatic rings. The second-order valence-electron chi connectivity index (χ2n) is 5.56. The molecule has 0 radical (unpaired) electrons. The third-order valence-corrected chi connectivity index (χ3v) is 3.88. The van der Waals surface area contributed by atoms with E-state index in [1.165, 1.54) is 12.5 Å². The summed E-state index contributed by atoms with van der Waals surface area (Å²) in [4.78, 5) is 12.1. The van der Waals surface area contributed by atoms with Crippen LogP contribution in [-0.2, 0) is 11.3 Å². The predicted molar refractivity (Wildman–Crippen MR) is 79.4 cm³/mol. The second kappa shape index (κ2) is 7.41. The second-order valence-corrected chi connectivity index (χ2v) is 5.56. The van der Waals surface area contributed by atoms with E-state index in [9.17, 15) is 9.18 Å². The van der Waals surface area contributed by atoms with Crippen LogP contribution in [0.25, 0.3) is 0 Å². The van der Waals surface area contributed by atoms with Crippen LogP contribution in [0.15, 0.2) is 18.2 Å². The Morgan fingerprint density at radius 3 is 2.76 bits per heavy atom. The van der Waals surface area contributed by atoms with Crippen molar-refractivity contribution in [3.63, 3.8) is 0 Å². The van der Waals surface area contributed by atoms with Crippen LogP contribution in [0.2, 0.25) is 0 Å². The quantitative estimate of drug-likeness (QED) is 0.877. The normalized spacial score (nSPS) is 17.3. The highest BCUT2D eigenvalue weighted by Crippen LogP contribution is 2.19. The maximum absolute atomic E-state index is 13.6. The van der Waals surface area contributed by atoms with Gasteiger partial charge in [-0.25, -0.2) is 4.39 Å². The van der Waals surface area contributed by atoms with E-state index >= 15 is 0 Å². The molecule has 21 heavy (non-hydrogen) atoms. The summed E-state index contributed by atoms with van der Waals surface area (Å²) >= 11 is 0. The van der Waals surface area contributed by atoms with E-state index < -0.39 is 11.9 Å². The maximum Gasteiger partial charge on any atom is 0.260 e. The number of carbonyl (C=O) groups is 1. The smallest absolute Gasteiger partial charge is 0.260 e. The van der Waals surface area contributed by atoms with Gasteiger partial charge in [0, 0.05) is 24.2 Å². The highest BCUT2D eigenvalue weighted by molar-refractivity contribution is 5.81. The molecule has 0 heterocycles. The number of nitrogens with two attached hydrogens (primary N) is 1. The van der Waals surface area contributed by atoms with Crippen molar-refractivity contribution < 1.29 is 13.9 Å². The first-order chi connectivity index (χ1) is 10.1. The van der Waals surface area contributed by atoms with Crippen molar-refractivity contribution in [2.75, 3.05) is 0 Å². The van der Waals surface area contributed by atoms with Crippen LogP contribution in [0.4, 0.5) is 4.39 Å². The summed E-state index contributed by atoms with van der Waals surface area (Å²) in [5, 5.41) is 3.00. The first-order valence-electron chi connectivity index (χ1n) is 7.55. The van der Waals surface area contributed by atoms with E-state index in [4.69, 9.17) is 10.5 Å². The van der Waals surface area contributed by atoms with E-state index in [-0.39, 0.29) is 18.5 Å². The van der Waals surface area contributed by atoms with Crippen molar-refractivity contribution in [3.05, 3.63) is 29.6 Å². The lowest BCUT2D eigenvalue weighted by molar-refractivity contribution is -0.128. The fourth-order valence-corrected chi connectivity index (χ4v) is 2.59. The van der Waals surface area contributed by atoms with Crippen molar-refractivity contribution in [1.82, 2.24) is 5.32 Å². The highest BCUT2D eigenvalue weighted by Gasteiger charge is 2.20. The van der Waals surface area contributed by atoms with E-state index in [0.29, 0.717) is 11.3 Å². The zero-order chi connectivity index (χ0) is 15.2. The Morgan fingerprint density at radius 1 is 1.43 bits per heavy atom. The van der Waals surface area contributed by atoms with Crippen molar-refractivity contribution >= 4 is 5.91 Å². The molecule has 3 N–H and O–H groups in total. The van der Waals surface area contributed by atoms with Crippen molar-refractivity contribution in [2.45, 2.75) is 57.7 Å². The van der Waals surface area contributed by atoms with Crippen LogP contribution in [0.5, 0.6) is 5.75 Å². The molecule has 1 fully saturated rings. The Balaban J connectivity index is 1.89. The van der Waals surface area contributed by atoms with Crippen molar-refractivity contribution in [2.24, 2.45) is 5.73 Å². The number of carbonyl (C=O) groups excluding carboxylic acids is 1. The molecular formula is C16H23FN2O2. The summed E-state index contributed by atoms with van der Waals surface area (Å²) in [7, 11) is 0. The zero-order valence-corrected chi connectivity index (χ0v) is 12.4. The standard InChI is InChI=1S/C16H23FN2O2/c1-11(16(20)19-13-5-3-2-4-6-13)21-14-8-7-12(10-18)15(17)9-14/h7-9,11,13H,2-6,10,18H2,1H3,(H,19,20). The molecule has 5 heteroatoms. The summed E-state index contributed by atoms with van der Waals surface area (Å²) < 4.78 is 19.1. The molecule has 0 aromatic heterocycles. The molecule has 4 nitrogen and oxygen atoms in total. The molecule has 1 aliphatic rings. The lowest BCUT2D eigenvalue weighted by atomic mass is 9.95. The van der Waals surface area contributed by atoms with Gasteiger partial charge in [-0.1, -0.05) is 25.3 Å². The number of benzene rings is 1. The third kappa shape index (κ3) is 4.43. The minimum absolute atomic E-state index is 0.143. The average Bonchev–Trinajstić information content (AvgIpc) is 2.48. The monoisotopic (exact) mass is 294 g/mol. The molecule has 0 saturated heterocycles. The topological polar surface area (TPSA) is 64.3 Å². The maximum atomic E-state index is 13.6. The first-order valence-corrected chi connectivity index (χ1v) is 7.55. The van der Waals surface area contributed by atoms with Gasteiger partial charge in [0.25, 0.3) is 5.91 Å². The molecular weight excluding hydrogens is 271 g/mol. The highest BCUT2D eigenvalue weighted by atomic mass is 19.1. The lowest BCUT2D eigenvalue weighted by Crippen LogP contribution is -2.43. The van der Waals surface area contributed by atoms with Crippen LogP contribution >= 0.6 is 0 Å². The number of halogens is 1. The molecule has 0 spiro atoms. The van der Waals surface area contributed by atoms with Crippen molar-refractivity contribution in [1.29, 1.82) is 0 Å². The molecule has 1 atom stereocenters. The predicted octanol–water partition coefficient (Wildman–Crippen LogP) is 2.50. The summed E-state index contributed by atoms with van der Waals surface area (Å²) in [6, 6.07) is 4.73. The van der Waals surface area contributed by atoms with Gasteiger partial charge >= 0.3 is 0 Å². The third-order valence-electron chi connectivity index (χ3n) is 3.88. The largest absolute Gasteiger partial charge is 0.481 e.